The second-order valence-corrected chi connectivity index (χ2v) is 11.0. The Balaban J connectivity index is 1.63. The first-order valence-electron chi connectivity index (χ1n) is 10.7. The molecule has 4 aromatic rings. The lowest BCUT2D eigenvalue weighted by molar-refractivity contribution is -0.119. The van der Waals surface area contributed by atoms with Crippen molar-refractivity contribution < 1.29 is 14.0 Å². The topological polar surface area (TPSA) is 46.6 Å². The van der Waals surface area contributed by atoms with E-state index in [1.165, 1.54) is 12.2 Å². The highest BCUT2D eigenvalue weighted by atomic mass is 28.4. The summed E-state index contributed by atoms with van der Waals surface area (Å²) in [5.41, 5.74) is 0.522. The van der Waals surface area contributed by atoms with E-state index in [0.29, 0.717) is 11.4 Å². The third-order valence-corrected chi connectivity index (χ3v) is 9.70. The highest BCUT2D eigenvalue weighted by Crippen LogP contribution is 2.24. The van der Waals surface area contributed by atoms with Gasteiger partial charge in [0.1, 0.15) is 5.75 Å². The van der Waals surface area contributed by atoms with Crippen LogP contribution >= 0.6 is 0 Å². The molecule has 0 radical (unpaired) electrons. The first-order valence-corrected chi connectivity index (χ1v) is 12.6. The summed E-state index contributed by atoms with van der Waals surface area (Å²) in [6, 6.07) is 38.1. The number of benzene rings is 4. The molecular formula is C28H21NO3Si. The van der Waals surface area contributed by atoms with Crippen LogP contribution < -0.4 is 24.9 Å². The molecule has 5 rings (SSSR count). The lowest BCUT2D eigenvalue weighted by atomic mass is 10.3. The number of amides is 2. The Morgan fingerprint density at radius 1 is 0.515 bits per heavy atom. The van der Waals surface area contributed by atoms with Crippen LogP contribution in [0.2, 0.25) is 0 Å². The fourth-order valence-electron chi connectivity index (χ4n) is 4.19. The molecule has 5 heteroatoms. The predicted octanol–water partition coefficient (Wildman–Crippen LogP) is 3.16. The zero-order valence-electron chi connectivity index (χ0n) is 17.8. The van der Waals surface area contributed by atoms with Crippen LogP contribution in [-0.4, -0.2) is 20.1 Å². The van der Waals surface area contributed by atoms with Gasteiger partial charge in [-0.3, -0.25) is 9.59 Å². The van der Waals surface area contributed by atoms with Gasteiger partial charge in [0.25, 0.3) is 11.8 Å². The maximum Gasteiger partial charge on any atom is 0.346 e. The number of carbonyl (C=O) groups is 2. The molecule has 2 amide bonds. The summed E-state index contributed by atoms with van der Waals surface area (Å²) < 4.78 is 6.97. The summed E-state index contributed by atoms with van der Waals surface area (Å²) in [7, 11) is -2.90. The Labute approximate surface area is 193 Å². The van der Waals surface area contributed by atoms with Crippen LogP contribution in [0.5, 0.6) is 5.75 Å². The van der Waals surface area contributed by atoms with Crippen molar-refractivity contribution in [3.05, 3.63) is 127 Å². The quantitative estimate of drug-likeness (QED) is 0.259. The van der Waals surface area contributed by atoms with Gasteiger partial charge in [-0.1, -0.05) is 91.0 Å². The van der Waals surface area contributed by atoms with Gasteiger partial charge in [-0.2, -0.15) is 0 Å². The van der Waals surface area contributed by atoms with Gasteiger partial charge >= 0.3 is 8.32 Å². The van der Waals surface area contributed by atoms with Crippen molar-refractivity contribution in [1.82, 2.24) is 0 Å². The molecule has 1 aliphatic heterocycles. The van der Waals surface area contributed by atoms with Gasteiger partial charge in [0, 0.05) is 12.2 Å². The maximum absolute atomic E-state index is 12.0. The predicted molar refractivity (Wildman–Crippen MR) is 133 cm³/mol. The third-order valence-electron chi connectivity index (χ3n) is 5.72. The molecule has 0 saturated heterocycles. The van der Waals surface area contributed by atoms with E-state index < -0.39 is 8.32 Å². The number of rotatable bonds is 6. The van der Waals surface area contributed by atoms with Crippen molar-refractivity contribution in [2.24, 2.45) is 0 Å². The number of hydrogen-bond acceptors (Lipinski definition) is 3. The minimum atomic E-state index is -2.90. The number of imide groups is 1. The molecule has 0 atom stereocenters. The molecular weight excluding hydrogens is 426 g/mol. The molecule has 0 fully saturated rings. The summed E-state index contributed by atoms with van der Waals surface area (Å²) >= 11 is 0. The van der Waals surface area contributed by atoms with Crippen molar-refractivity contribution >= 4 is 41.4 Å². The largest absolute Gasteiger partial charge is 0.530 e. The molecule has 4 nitrogen and oxygen atoms in total. The van der Waals surface area contributed by atoms with Gasteiger partial charge in [-0.15, -0.1) is 0 Å². The molecule has 0 aromatic heterocycles. The highest BCUT2D eigenvalue weighted by molar-refractivity contribution is 7.07. The molecule has 1 heterocycles. The molecule has 0 saturated carbocycles. The minimum Gasteiger partial charge on any atom is -0.530 e. The lowest BCUT2D eigenvalue weighted by Gasteiger charge is -2.33. The minimum absolute atomic E-state index is 0.338. The van der Waals surface area contributed by atoms with Crippen LogP contribution in [0.3, 0.4) is 0 Å². The van der Waals surface area contributed by atoms with Crippen molar-refractivity contribution in [3.8, 4) is 5.75 Å². The highest BCUT2D eigenvalue weighted by Gasteiger charge is 2.44. The summed E-state index contributed by atoms with van der Waals surface area (Å²) in [6.45, 7) is 0. The molecule has 0 unspecified atom stereocenters. The van der Waals surface area contributed by atoms with Crippen molar-refractivity contribution in [2.75, 3.05) is 4.90 Å². The molecule has 0 aliphatic carbocycles. The Bertz CT molecular complexity index is 1190. The fourth-order valence-corrected chi connectivity index (χ4v) is 8.02. The van der Waals surface area contributed by atoms with Gasteiger partial charge in [0.05, 0.1) is 5.69 Å². The number of anilines is 1. The molecule has 160 valence electrons. The molecule has 0 N–H and O–H groups in total. The molecule has 0 bridgehead atoms. The zero-order valence-corrected chi connectivity index (χ0v) is 18.8. The average molecular weight is 448 g/mol. The third kappa shape index (κ3) is 3.79. The van der Waals surface area contributed by atoms with Crippen LogP contribution in [0, 0.1) is 0 Å². The first kappa shape index (κ1) is 20.7. The lowest BCUT2D eigenvalue weighted by Crippen LogP contribution is -2.71. The number of carbonyl (C=O) groups excluding carboxylic acids is 2. The van der Waals surface area contributed by atoms with E-state index in [1.807, 2.05) is 66.7 Å². The van der Waals surface area contributed by atoms with E-state index in [2.05, 4.69) is 36.4 Å². The Morgan fingerprint density at radius 2 is 0.909 bits per heavy atom. The average Bonchev–Trinajstić information content (AvgIpc) is 3.22. The van der Waals surface area contributed by atoms with E-state index in [0.717, 1.165) is 20.5 Å². The van der Waals surface area contributed by atoms with Crippen molar-refractivity contribution in [1.29, 1.82) is 0 Å². The Kier molecular flexibility index (Phi) is 5.46. The smallest absolute Gasteiger partial charge is 0.346 e. The number of hydrogen-bond donors (Lipinski definition) is 0. The monoisotopic (exact) mass is 447 g/mol. The maximum atomic E-state index is 12.0. The van der Waals surface area contributed by atoms with E-state index in [9.17, 15) is 9.59 Å². The van der Waals surface area contributed by atoms with Crippen LogP contribution in [0.1, 0.15) is 0 Å². The summed E-state index contributed by atoms with van der Waals surface area (Å²) in [5.74, 6) is -0.000441. The Morgan fingerprint density at radius 3 is 1.30 bits per heavy atom. The zero-order chi connectivity index (χ0) is 22.7. The fraction of sp³-hybridized carbons (Fsp3) is 0. The van der Waals surface area contributed by atoms with Gasteiger partial charge < -0.3 is 4.43 Å². The first-order chi connectivity index (χ1) is 16.2. The SMILES string of the molecule is O=C1C=CC(=O)N1c1ccc(O[Si](c2ccccc2)(c2ccccc2)c2ccccc2)cc1. The molecule has 33 heavy (non-hydrogen) atoms. The van der Waals surface area contributed by atoms with Gasteiger partial charge in [-0.25, -0.2) is 4.90 Å². The van der Waals surface area contributed by atoms with Crippen LogP contribution in [0.15, 0.2) is 127 Å². The van der Waals surface area contributed by atoms with Crippen LogP contribution in [0.4, 0.5) is 5.69 Å². The van der Waals surface area contributed by atoms with Crippen molar-refractivity contribution in [3.63, 3.8) is 0 Å². The van der Waals surface area contributed by atoms with Gasteiger partial charge in [0.2, 0.25) is 0 Å². The second-order valence-electron chi connectivity index (χ2n) is 7.72. The van der Waals surface area contributed by atoms with Crippen LogP contribution in [-0.2, 0) is 9.59 Å². The number of nitrogens with zero attached hydrogens (tertiary/aromatic N) is 1. The van der Waals surface area contributed by atoms with E-state index >= 15 is 0 Å². The van der Waals surface area contributed by atoms with E-state index in [-0.39, 0.29) is 11.8 Å². The van der Waals surface area contributed by atoms with E-state index in [4.69, 9.17) is 4.43 Å². The molecule has 0 spiro atoms. The molecule has 1 aliphatic rings. The van der Waals surface area contributed by atoms with E-state index in [1.54, 1.807) is 12.1 Å². The Hall–Kier alpha value is -4.22. The van der Waals surface area contributed by atoms with Crippen LogP contribution in [0.25, 0.3) is 0 Å². The van der Waals surface area contributed by atoms with Gasteiger partial charge in [-0.05, 0) is 39.8 Å². The van der Waals surface area contributed by atoms with Crippen molar-refractivity contribution in [2.45, 2.75) is 0 Å². The normalized spacial score (nSPS) is 13.4. The molecule has 4 aromatic carbocycles. The summed E-state index contributed by atoms with van der Waals surface area (Å²) in [4.78, 5) is 25.2. The summed E-state index contributed by atoms with van der Waals surface area (Å²) in [6.07, 6.45) is 2.57. The summed E-state index contributed by atoms with van der Waals surface area (Å²) in [5, 5.41) is 3.38. The van der Waals surface area contributed by atoms with Gasteiger partial charge in [0.15, 0.2) is 0 Å². The standard InChI is InChI=1S/C28H21NO3Si/c30-27-20-21-28(31)29(27)22-16-18-23(19-17-22)32-33(24-10-4-1-5-11-24,25-12-6-2-7-13-25)26-14-8-3-9-15-26/h1-21H. The second kappa shape index (κ2) is 8.73.